The number of hydrogen-bond donors (Lipinski definition) is 1. The van der Waals surface area contributed by atoms with Gasteiger partial charge in [-0.25, -0.2) is 4.39 Å². The molecule has 1 saturated heterocycles. The van der Waals surface area contributed by atoms with Crippen LogP contribution in [0.2, 0.25) is 0 Å². The first-order chi connectivity index (χ1) is 16.1. The molecule has 7 heteroatoms. The van der Waals surface area contributed by atoms with E-state index in [2.05, 4.69) is 50.4 Å². The fourth-order valence-electron chi connectivity index (χ4n) is 3.71. The molecule has 0 radical (unpaired) electrons. The van der Waals surface area contributed by atoms with E-state index < -0.39 is 0 Å². The van der Waals surface area contributed by atoms with Crippen molar-refractivity contribution in [3.63, 3.8) is 0 Å². The summed E-state index contributed by atoms with van der Waals surface area (Å²) in [6.45, 7) is 6.58. The Kier molecular flexibility index (Phi) is 8.07. The number of halogens is 2. The van der Waals surface area contributed by atoms with Gasteiger partial charge in [0.05, 0.1) is 24.3 Å². The van der Waals surface area contributed by atoms with Crippen LogP contribution in [0.3, 0.4) is 0 Å². The molecule has 0 aliphatic carbocycles. The van der Waals surface area contributed by atoms with Crippen LogP contribution in [0.5, 0.6) is 11.5 Å². The summed E-state index contributed by atoms with van der Waals surface area (Å²) >= 11 is 3.60. The van der Waals surface area contributed by atoms with E-state index in [4.69, 9.17) is 14.2 Å². The summed E-state index contributed by atoms with van der Waals surface area (Å²) in [5.74, 6) is 0.911. The molecular formula is C26H28BrFN2O3. The summed E-state index contributed by atoms with van der Waals surface area (Å²) in [7, 11) is 0. The Morgan fingerprint density at radius 1 is 1.03 bits per heavy atom. The number of anilines is 2. The second kappa shape index (κ2) is 11.4. The third kappa shape index (κ3) is 6.18. The first kappa shape index (κ1) is 23.4. The minimum absolute atomic E-state index is 0.123. The molecule has 0 spiro atoms. The van der Waals surface area contributed by atoms with Crippen LogP contribution in [-0.2, 0) is 17.9 Å². The van der Waals surface area contributed by atoms with Gasteiger partial charge in [0.1, 0.15) is 12.4 Å². The number of morpholine rings is 1. The number of ether oxygens (including phenoxy) is 3. The van der Waals surface area contributed by atoms with E-state index in [0.717, 1.165) is 42.0 Å². The normalized spacial score (nSPS) is 13.6. The lowest BCUT2D eigenvalue weighted by atomic mass is 10.2. The predicted octanol–water partition coefficient (Wildman–Crippen LogP) is 6.01. The summed E-state index contributed by atoms with van der Waals surface area (Å²) in [5, 5.41) is 3.46. The van der Waals surface area contributed by atoms with Crippen molar-refractivity contribution < 1.29 is 18.6 Å². The molecule has 4 rings (SSSR count). The number of nitrogens with one attached hydrogen (secondary N) is 1. The van der Waals surface area contributed by atoms with E-state index in [9.17, 15) is 4.39 Å². The van der Waals surface area contributed by atoms with Crippen LogP contribution in [-0.4, -0.2) is 32.9 Å². The number of nitrogens with zero attached hydrogens (tertiary/aromatic N) is 1. The summed E-state index contributed by atoms with van der Waals surface area (Å²) in [5.41, 5.74) is 3.79. The summed E-state index contributed by atoms with van der Waals surface area (Å²) in [6, 6.07) is 19.0. The second-order valence-corrected chi connectivity index (χ2v) is 8.57. The fraction of sp³-hybridized carbons (Fsp3) is 0.308. The SMILES string of the molecule is CCOc1cc(CNc2ccc(N3CCOCC3)cc2)cc(Br)c1OCc1ccccc1F. The maximum absolute atomic E-state index is 14.0. The molecular weight excluding hydrogens is 487 g/mol. The van der Waals surface area contributed by atoms with Crippen LogP contribution in [0.15, 0.2) is 65.1 Å². The Bertz CT molecular complexity index is 1060. The Balaban J connectivity index is 1.42. The zero-order valence-corrected chi connectivity index (χ0v) is 20.2. The molecule has 0 saturated carbocycles. The minimum atomic E-state index is -0.285. The number of benzene rings is 3. The number of hydrogen-bond acceptors (Lipinski definition) is 5. The lowest BCUT2D eigenvalue weighted by Crippen LogP contribution is -2.36. The van der Waals surface area contributed by atoms with E-state index in [-0.39, 0.29) is 12.4 Å². The van der Waals surface area contributed by atoms with E-state index in [1.807, 2.05) is 19.1 Å². The van der Waals surface area contributed by atoms with Gasteiger partial charge < -0.3 is 24.4 Å². The van der Waals surface area contributed by atoms with Crippen LogP contribution in [0, 0.1) is 5.82 Å². The van der Waals surface area contributed by atoms with Crippen molar-refractivity contribution in [3.05, 3.63) is 82.1 Å². The standard InChI is InChI=1S/C26H28BrFN2O3/c1-2-32-25-16-19(15-23(27)26(25)33-18-20-5-3-4-6-24(20)28)17-29-21-7-9-22(10-8-21)30-11-13-31-14-12-30/h3-10,15-16,29H,2,11-14,17-18H2,1H3. The highest BCUT2D eigenvalue weighted by molar-refractivity contribution is 9.10. The first-order valence-corrected chi connectivity index (χ1v) is 11.9. The Morgan fingerprint density at radius 2 is 1.79 bits per heavy atom. The molecule has 1 N–H and O–H groups in total. The lowest BCUT2D eigenvalue weighted by molar-refractivity contribution is 0.122. The smallest absolute Gasteiger partial charge is 0.175 e. The monoisotopic (exact) mass is 514 g/mol. The average Bonchev–Trinajstić information content (AvgIpc) is 2.84. The van der Waals surface area contributed by atoms with Crippen molar-refractivity contribution >= 4 is 27.3 Å². The molecule has 3 aromatic carbocycles. The maximum atomic E-state index is 14.0. The molecule has 0 atom stereocenters. The quantitative estimate of drug-likeness (QED) is 0.378. The average molecular weight is 515 g/mol. The van der Waals surface area contributed by atoms with Crippen molar-refractivity contribution in [2.45, 2.75) is 20.1 Å². The zero-order chi connectivity index (χ0) is 23.0. The van der Waals surface area contributed by atoms with Crippen molar-refractivity contribution in [2.75, 3.05) is 43.1 Å². The van der Waals surface area contributed by atoms with Gasteiger partial charge in [-0.05, 0) is 70.9 Å². The molecule has 0 unspecified atom stereocenters. The van der Waals surface area contributed by atoms with Crippen LogP contribution in [0.4, 0.5) is 15.8 Å². The summed E-state index contributed by atoms with van der Waals surface area (Å²) < 4.78 is 31.9. The molecule has 1 heterocycles. The van der Waals surface area contributed by atoms with Crippen LogP contribution < -0.4 is 19.7 Å². The third-order valence-electron chi connectivity index (χ3n) is 5.44. The van der Waals surface area contributed by atoms with Gasteiger partial charge in [-0.1, -0.05) is 18.2 Å². The highest BCUT2D eigenvalue weighted by Crippen LogP contribution is 2.38. The van der Waals surface area contributed by atoms with Gasteiger partial charge >= 0.3 is 0 Å². The van der Waals surface area contributed by atoms with E-state index in [1.165, 1.54) is 11.8 Å². The third-order valence-corrected chi connectivity index (χ3v) is 6.03. The topological polar surface area (TPSA) is 43.0 Å². The Labute approximate surface area is 202 Å². The summed E-state index contributed by atoms with van der Waals surface area (Å²) in [6.07, 6.45) is 0. The maximum Gasteiger partial charge on any atom is 0.175 e. The molecule has 1 aliphatic rings. The van der Waals surface area contributed by atoms with Gasteiger partial charge in [0.25, 0.3) is 0 Å². The molecule has 33 heavy (non-hydrogen) atoms. The second-order valence-electron chi connectivity index (χ2n) is 7.72. The van der Waals surface area contributed by atoms with E-state index in [1.54, 1.807) is 18.2 Å². The van der Waals surface area contributed by atoms with Gasteiger partial charge in [-0.3, -0.25) is 0 Å². The molecule has 1 fully saturated rings. The van der Waals surface area contributed by atoms with E-state index in [0.29, 0.717) is 30.2 Å². The largest absolute Gasteiger partial charge is 0.490 e. The molecule has 1 aliphatic heterocycles. The van der Waals surface area contributed by atoms with Gasteiger partial charge in [0.15, 0.2) is 11.5 Å². The molecule has 0 bridgehead atoms. The van der Waals surface area contributed by atoms with Gasteiger partial charge in [0, 0.05) is 36.6 Å². The molecule has 3 aromatic rings. The van der Waals surface area contributed by atoms with Crippen molar-refractivity contribution in [1.29, 1.82) is 0 Å². The highest BCUT2D eigenvalue weighted by atomic mass is 79.9. The highest BCUT2D eigenvalue weighted by Gasteiger charge is 2.14. The van der Waals surface area contributed by atoms with Crippen LogP contribution in [0.25, 0.3) is 0 Å². The number of rotatable bonds is 9. The van der Waals surface area contributed by atoms with Crippen LogP contribution in [0.1, 0.15) is 18.1 Å². The minimum Gasteiger partial charge on any atom is -0.490 e. The van der Waals surface area contributed by atoms with Crippen molar-refractivity contribution in [1.82, 2.24) is 0 Å². The van der Waals surface area contributed by atoms with Crippen LogP contribution >= 0.6 is 15.9 Å². The Hall–Kier alpha value is -2.77. The lowest BCUT2D eigenvalue weighted by Gasteiger charge is -2.29. The Morgan fingerprint density at radius 3 is 2.52 bits per heavy atom. The molecule has 0 amide bonds. The summed E-state index contributed by atoms with van der Waals surface area (Å²) in [4.78, 5) is 2.33. The fourth-order valence-corrected chi connectivity index (χ4v) is 4.31. The van der Waals surface area contributed by atoms with E-state index >= 15 is 0 Å². The predicted molar refractivity (Wildman–Crippen MR) is 133 cm³/mol. The van der Waals surface area contributed by atoms with Gasteiger partial charge in [-0.2, -0.15) is 0 Å². The molecule has 174 valence electrons. The first-order valence-electron chi connectivity index (χ1n) is 11.1. The van der Waals surface area contributed by atoms with Crippen molar-refractivity contribution in [2.24, 2.45) is 0 Å². The van der Waals surface area contributed by atoms with Gasteiger partial charge in [0.2, 0.25) is 0 Å². The molecule has 5 nitrogen and oxygen atoms in total. The van der Waals surface area contributed by atoms with Gasteiger partial charge in [-0.15, -0.1) is 0 Å². The van der Waals surface area contributed by atoms with Crippen molar-refractivity contribution in [3.8, 4) is 11.5 Å². The zero-order valence-electron chi connectivity index (χ0n) is 18.7. The molecule has 0 aromatic heterocycles.